The zero-order chi connectivity index (χ0) is 14.1. The standard InChI is InChI=1S/C15H17N3O2/c1-17-8-11(7-16-17)9-18-10-13-5-3-2-4-12(13)6-14(18)15(19)20/h2-5,7-8,14H,6,9-10H2,1H3,(H,19,20)/t14-/m0/s1. The monoisotopic (exact) mass is 271 g/mol. The maximum atomic E-state index is 11.5. The average molecular weight is 271 g/mol. The first kappa shape index (κ1) is 12.9. The lowest BCUT2D eigenvalue weighted by molar-refractivity contribution is -0.144. The molecule has 0 spiro atoms. The Balaban J connectivity index is 1.86. The van der Waals surface area contributed by atoms with Crippen LogP contribution < -0.4 is 0 Å². The van der Waals surface area contributed by atoms with E-state index in [1.165, 1.54) is 5.56 Å². The molecule has 5 nitrogen and oxygen atoms in total. The first-order chi connectivity index (χ1) is 9.63. The van der Waals surface area contributed by atoms with Gasteiger partial charge in [-0.3, -0.25) is 14.4 Å². The van der Waals surface area contributed by atoms with Gasteiger partial charge in [0.05, 0.1) is 6.20 Å². The van der Waals surface area contributed by atoms with Gasteiger partial charge in [0.2, 0.25) is 0 Å². The molecule has 104 valence electrons. The van der Waals surface area contributed by atoms with Crippen molar-refractivity contribution >= 4 is 5.97 Å². The van der Waals surface area contributed by atoms with Gasteiger partial charge < -0.3 is 5.11 Å². The molecule has 1 aliphatic rings. The third-order valence-corrected chi connectivity index (χ3v) is 3.77. The second kappa shape index (κ2) is 5.09. The lowest BCUT2D eigenvalue weighted by Gasteiger charge is -2.34. The number of fused-ring (bicyclic) bond motifs is 1. The van der Waals surface area contributed by atoms with Crippen molar-refractivity contribution in [1.82, 2.24) is 14.7 Å². The summed E-state index contributed by atoms with van der Waals surface area (Å²) < 4.78 is 1.74. The minimum absolute atomic E-state index is 0.467. The van der Waals surface area contributed by atoms with Crippen LogP contribution in [0, 0.1) is 0 Å². The summed E-state index contributed by atoms with van der Waals surface area (Å²) >= 11 is 0. The van der Waals surface area contributed by atoms with E-state index >= 15 is 0 Å². The summed E-state index contributed by atoms with van der Waals surface area (Å²) in [5, 5.41) is 13.6. The number of aryl methyl sites for hydroxylation is 1. The highest BCUT2D eigenvalue weighted by atomic mass is 16.4. The molecule has 0 unspecified atom stereocenters. The Hall–Kier alpha value is -2.14. The maximum Gasteiger partial charge on any atom is 0.321 e. The van der Waals surface area contributed by atoms with E-state index in [1.54, 1.807) is 10.9 Å². The van der Waals surface area contributed by atoms with Gasteiger partial charge in [-0.2, -0.15) is 5.10 Å². The third-order valence-electron chi connectivity index (χ3n) is 3.77. The molecule has 1 aromatic heterocycles. The second-order valence-corrected chi connectivity index (χ2v) is 5.25. The number of nitrogens with zero attached hydrogens (tertiary/aromatic N) is 3. The van der Waals surface area contributed by atoms with Gasteiger partial charge in [-0.15, -0.1) is 0 Å². The van der Waals surface area contributed by atoms with E-state index in [0.29, 0.717) is 19.5 Å². The Morgan fingerprint density at radius 2 is 2.15 bits per heavy atom. The summed E-state index contributed by atoms with van der Waals surface area (Å²) in [5.74, 6) is -0.761. The predicted octanol–water partition coefficient (Wildman–Crippen LogP) is 1.43. The number of aliphatic carboxylic acids is 1. The van der Waals surface area contributed by atoms with E-state index in [0.717, 1.165) is 11.1 Å². The van der Waals surface area contributed by atoms with Crippen molar-refractivity contribution in [3.8, 4) is 0 Å². The number of carboxylic acid groups (broad SMARTS) is 1. The number of rotatable bonds is 3. The zero-order valence-electron chi connectivity index (χ0n) is 11.4. The molecule has 1 N–H and O–H groups in total. The van der Waals surface area contributed by atoms with Gasteiger partial charge in [-0.25, -0.2) is 0 Å². The van der Waals surface area contributed by atoms with Crippen LogP contribution in [0.15, 0.2) is 36.7 Å². The molecule has 1 atom stereocenters. The molecule has 1 aliphatic heterocycles. The Labute approximate surface area is 117 Å². The molecule has 0 radical (unpaired) electrons. The molecule has 0 fully saturated rings. The highest BCUT2D eigenvalue weighted by Gasteiger charge is 2.31. The van der Waals surface area contributed by atoms with Crippen molar-refractivity contribution in [2.75, 3.05) is 0 Å². The summed E-state index contributed by atoms with van der Waals surface area (Å²) in [7, 11) is 1.86. The zero-order valence-corrected chi connectivity index (χ0v) is 11.4. The van der Waals surface area contributed by atoms with Gasteiger partial charge in [0.15, 0.2) is 0 Å². The number of hydrogen-bond acceptors (Lipinski definition) is 3. The topological polar surface area (TPSA) is 58.4 Å². The van der Waals surface area contributed by atoms with Crippen LogP contribution in [-0.4, -0.2) is 31.8 Å². The van der Waals surface area contributed by atoms with Crippen LogP contribution in [0.5, 0.6) is 0 Å². The summed E-state index contributed by atoms with van der Waals surface area (Å²) in [6.45, 7) is 1.28. The summed E-state index contributed by atoms with van der Waals surface area (Å²) in [6.07, 6.45) is 4.28. The van der Waals surface area contributed by atoms with E-state index in [1.807, 2.05) is 36.3 Å². The summed E-state index contributed by atoms with van der Waals surface area (Å²) in [4.78, 5) is 13.5. The van der Waals surface area contributed by atoms with Crippen molar-refractivity contribution in [3.63, 3.8) is 0 Å². The molecule has 3 rings (SSSR count). The molecular weight excluding hydrogens is 254 g/mol. The highest BCUT2D eigenvalue weighted by Crippen LogP contribution is 2.24. The Kier molecular flexibility index (Phi) is 3.28. The quantitative estimate of drug-likeness (QED) is 0.917. The van der Waals surface area contributed by atoms with Crippen LogP contribution in [0.3, 0.4) is 0 Å². The van der Waals surface area contributed by atoms with Crippen LogP contribution in [-0.2, 0) is 31.4 Å². The maximum absolute atomic E-state index is 11.5. The van der Waals surface area contributed by atoms with E-state index in [2.05, 4.69) is 11.2 Å². The average Bonchev–Trinajstić information content (AvgIpc) is 2.83. The van der Waals surface area contributed by atoms with Crippen molar-refractivity contribution in [2.24, 2.45) is 7.05 Å². The Morgan fingerprint density at radius 1 is 1.40 bits per heavy atom. The van der Waals surface area contributed by atoms with Gasteiger partial charge in [-0.05, 0) is 17.5 Å². The largest absolute Gasteiger partial charge is 0.480 e. The van der Waals surface area contributed by atoms with E-state index < -0.39 is 12.0 Å². The number of carboxylic acids is 1. The van der Waals surface area contributed by atoms with Crippen molar-refractivity contribution < 1.29 is 9.90 Å². The van der Waals surface area contributed by atoms with Gasteiger partial charge in [0.25, 0.3) is 0 Å². The minimum Gasteiger partial charge on any atom is -0.480 e. The summed E-state index contributed by atoms with van der Waals surface area (Å²) in [6, 6.07) is 7.60. The van der Waals surface area contributed by atoms with Gasteiger partial charge in [0.1, 0.15) is 6.04 Å². The molecule has 5 heteroatoms. The molecule has 2 aromatic rings. The van der Waals surface area contributed by atoms with Crippen LogP contribution in [0.4, 0.5) is 0 Å². The molecule has 0 amide bonds. The van der Waals surface area contributed by atoms with Crippen LogP contribution >= 0.6 is 0 Å². The molecule has 0 bridgehead atoms. The first-order valence-corrected chi connectivity index (χ1v) is 6.64. The Morgan fingerprint density at radius 3 is 2.80 bits per heavy atom. The predicted molar refractivity (Wildman–Crippen MR) is 74.0 cm³/mol. The second-order valence-electron chi connectivity index (χ2n) is 5.25. The molecule has 0 saturated heterocycles. The highest BCUT2D eigenvalue weighted by molar-refractivity contribution is 5.74. The molecular formula is C15H17N3O2. The fraction of sp³-hybridized carbons (Fsp3) is 0.333. The lowest BCUT2D eigenvalue weighted by Crippen LogP contribution is -2.44. The number of benzene rings is 1. The third kappa shape index (κ3) is 2.44. The Bertz CT molecular complexity index is 636. The minimum atomic E-state index is -0.761. The molecule has 1 aromatic carbocycles. The van der Waals surface area contributed by atoms with Crippen LogP contribution in [0.25, 0.3) is 0 Å². The number of aromatic nitrogens is 2. The lowest BCUT2D eigenvalue weighted by atomic mass is 9.94. The van der Waals surface area contributed by atoms with Gasteiger partial charge in [-0.1, -0.05) is 24.3 Å². The fourth-order valence-electron chi connectivity index (χ4n) is 2.77. The summed E-state index contributed by atoms with van der Waals surface area (Å²) in [5.41, 5.74) is 3.40. The van der Waals surface area contributed by atoms with Gasteiger partial charge in [0, 0.05) is 31.9 Å². The van der Waals surface area contributed by atoms with E-state index in [9.17, 15) is 9.90 Å². The van der Waals surface area contributed by atoms with Crippen LogP contribution in [0.1, 0.15) is 16.7 Å². The molecule has 0 aliphatic carbocycles. The number of hydrogen-bond donors (Lipinski definition) is 1. The number of carbonyl (C=O) groups is 1. The van der Waals surface area contributed by atoms with E-state index in [4.69, 9.17) is 0 Å². The van der Waals surface area contributed by atoms with Crippen molar-refractivity contribution in [1.29, 1.82) is 0 Å². The first-order valence-electron chi connectivity index (χ1n) is 6.64. The van der Waals surface area contributed by atoms with Crippen molar-refractivity contribution in [3.05, 3.63) is 53.3 Å². The molecule has 20 heavy (non-hydrogen) atoms. The normalized spacial score (nSPS) is 18.8. The van der Waals surface area contributed by atoms with Crippen molar-refractivity contribution in [2.45, 2.75) is 25.6 Å². The molecule has 2 heterocycles. The smallest absolute Gasteiger partial charge is 0.321 e. The van der Waals surface area contributed by atoms with E-state index in [-0.39, 0.29) is 0 Å². The van der Waals surface area contributed by atoms with Crippen LogP contribution in [0.2, 0.25) is 0 Å². The molecule has 0 saturated carbocycles. The fourth-order valence-corrected chi connectivity index (χ4v) is 2.77. The SMILES string of the molecule is Cn1cc(CN2Cc3ccccc3C[C@H]2C(=O)O)cn1. The van der Waals surface area contributed by atoms with Gasteiger partial charge >= 0.3 is 5.97 Å².